The van der Waals surface area contributed by atoms with Gasteiger partial charge in [0, 0.05) is 0 Å². The molecule has 0 saturated carbocycles. The molecular formula is C11H10ClN3OS. The second-order valence-electron chi connectivity index (χ2n) is 3.43. The maximum absolute atomic E-state index is 11.9. The molecule has 88 valence electrons. The molecule has 17 heavy (non-hydrogen) atoms. The second-order valence-corrected chi connectivity index (χ2v) is 4.69. The number of nitrogens with one attached hydrogen (secondary N) is 1. The molecule has 1 aromatic carbocycles. The number of carbonyl (C=O) groups excluding carboxylic acids is 1. The van der Waals surface area contributed by atoms with Gasteiger partial charge in [0.1, 0.15) is 4.88 Å². The Bertz CT molecular complexity index is 547. The summed E-state index contributed by atoms with van der Waals surface area (Å²) >= 11 is 7.25. The van der Waals surface area contributed by atoms with Crippen molar-refractivity contribution in [3.63, 3.8) is 0 Å². The van der Waals surface area contributed by atoms with Gasteiger partial charge >= 0.3 is 0 Å². The molecule has 1 amide bonds. The lowest BCUT2D eigenvalue weighted by Gasteiger charge is -2.09. The summed E-state index contributed by atoms with van der Waals surface area (Å²) in [5, 5.41) is 3.11. The van der Waals surface area contributed by atoms with Gasteiger partial charge in [0.25, 0.3) is 5.91 Å². The van der Waals surface area contributed by atoms with Crippen molar-refractivity contribution in [3.05, 3.63) is 39.3 Å². The third kappa shape index (κ3) is 2.40. The van der Waals surface area contributed by atoms with Crippen LogP contribution in [0.4, 0.5) is 11.4 Å². The molecule has 1 aromatic heterocycles. The Kier molecular flexibility index (Phi) is 3.31. The Labute approximate surface area is 107 Å². The molecule has 0 aliphatic rings. The number of para-hydroxylation sites is 1. The standard InChI is InChI=1S/C11H10ClN3OS/c1-6-10(17-5-14-6)11(16)15-9-7(12)3-2-4-8(9)13/h2-5H,13H2,1H3,(H,15,16). The van der Waals surface area contributed by atoms with E-state index in [1.54, 1.807) is 30.6 Å². The zero-order valence-electron chi connectivity index (χ0n) is 9.03. The number of nitrogens with two attached hydrogens (primary N) is 1. The van der Waals surface area contributed by atoms with E-state index < -0.39 is 0 Å². The molecule has 6 heteroatoms. The molecule has 0 unspecified atom stereocenters. The van der Waals surface area contributed by atoms with Crippen molar-refractivity contribution < 1.29 is 4.79 Å². The number of amides is 1. The van der Waals surface area contributed by atoms with E-state index in [2.05, 4.69) is 10.3 Å². The molecule has 4 nitrogen and oxygen atoms in total. The Morgan fingerprint density at radius 3 is 2.88 bits per heavy atom. The van der Waals surface area contributed by atoms with Crippen molar-refractivity contribution in [1.29, 1.82) is 0 Å². The van der Waals surface area contributed by atoms with Crippen LogP contribution in [0.3, 0.4) is 0 Å². The van der Waals surface area contributed by atoms with Crippen LogP contribution in [0.15, 0.2) is 23.7 Å². The Morgan fingerprint density at radius 2 is 2.29 bits per heavy atom. The molecule has 2 aromatic rings. The van der Waals surface area contributed by atoms with Gasteiger partial charge in [-0.3, -0.25) is 4.79 Å². The fourth-order valence-corrected chi connectivity index (χ4v) is 2.29. The minimum absolute atomic E-state index is 0.246. The quantitative estimate of drug-likeness (QED) is 0.822. The predicted octanol–water partition coefficient (Wildman–Crippen LogP) is 2.94. The largest absolute Gasteiger partial charge is 0.397 e. The van der Waals surface area contributed by atoms with Crippen LogP contribution in [0, 0.1) is 6.92 Å². The number of halogens is 1. The molecule has 0 atom stereocenters. The van der Waals surface area contributed by atoms with E-state index in [1.165, 1.54) is 11.3 Å². The minimum Gasteiger partial charge on any atom is -0.397 e. The number of carbonyl (C=O) groups is 1. The first-order valence-corrected chi connectivity index (χ1v) is 6.11. The van der Waals surface area contributed by atoms with Crippen molar-refractivity contribution in [3.8, 4) is 0 Å². The lowest BCUT2D eigenvalue weighted by atomic mass is 10.2. The highest BCUT2D eigenvalue weighted by atomic mass is 35.5. The van der Waals surface area contributed by atoms with Crippen molar-refractivity contribution >= 4 is 40.2 Å². The van der Waals surface area contributed by atoms with E-state index in [1.807, 2.05) is 0 Å². The van der Waals surface area contributed by atoms with E-state index in [-0.39, 0.29) is 5.91 Å². The van der Waals surface area contributed by atoms with Crippen LogP contribution in [0.25, 0.3) is 0 Å². The lowest BCUT2D eigenvalue weighted by molar-refractivity contribution is 0.103. The molecule has 0 fully saturated rings. The molecule has 0 saturated heterocycles. The van der Waals surface area contributed by atoms with Gasteiger partial charge in [-0.2, -0.15) is 0 Å². The number of aromatic nitrogens is 1. The fourth-order valence-electron chi connectivity index (χ4n) is 1.36. The fraction of sp³-hybridized carbons (Fsp3) is 0.0909. The number of nitrogens with zero attached hydrogens (tertiary/aromatic N) is 1. The maximum Gasteiger partial charge on any atom is 0.267 e. The summed E-state index contributed by atoms with van der Waals surface area (Å²) in [6.45, 7) is 1.78. The molecule has 3 N–H and O–H groups in total. The van der Waals surface area contributed by atoms with Gasteiger partial charge in [0.2, 0.25) is 0 Å². The molecule has 0 bridgehead atoms. The molecule has 0 aliphatic heterocycles. The van der Waals surface area contributed by atoms with Crippen molar-refractivity contribution in [1.82, 2.24) is 4.98 Å². The third-order valence-electron chi connectivity index (χ3n) is 2.24. The number of aryl methyl sites for hydroxylation is 1. The first-order chi connectivity index (χ1) is 8.09. The summed E-state index contributed by atoms with van der Waals surface area (Å²) in [4.78, 5) is 16.5. The SMILES string of the molecule is Cc1ncsc1C(=O)Nc1c(N)cccc1Cl. The van der Waals surface area contributed by atoms with E-state index in [4.69, 9.17) is 17.3 Å². The number of hydrogen-bond acceptors (Lipinski definition) is 4. The van der Waals surface area contributed by atoms with Crippen LogP contribution in [0.2, 0.25) is 5.02 Å². The van der Waals surface area contributed by atoms with E-state index in [9.17, 15) is 4.79 Å². The summed E-state index contributed by atoms with van der Waals surface area (Å²) < 4.78 is 0. The van der Waals surface area contributed by atoms with E-state index in [0.29, 0.717) is 27.0 Å². The zero-order chi connectivity index (χ0) is 12.4. The highest BCUT2D eigenvalue weighted by molar-refractivity contribution is 7.12. The van der Waals surface area contributed by atoms with E-state index >= 15 is 0 Å². The highest BCUT2D eigenvalue weighted by Crippen LogP contribution is 2.28. The van der Waals surface area contributed by atoms with Crippen molar-refractivity contribution in [2.24, 2.45) is 0 Å². The smallest absolute Gasteiger partial charge is 0.267 e. The molecule has 0 radical (unpaired) electrons. The van der Waals surface area contributed by atoms with Crippen molar-refractivity contribution in [2.75, 3.05) is 11.1 Å². The molecule has 2 rings (SSSR count). The normalized spacial score (nSPS) is 10.2. The molecular weight excluding hydrogens is 258 g/mol. The monoisotopic (exact) mass is 267 g/mol. The Balaban J connectivity index is 2.28. The van der Waals surface area contributed by atoms with Gasteiger partial charge in [-0.1, -0.05) is 17.7 Å². The molecule has 0 aliphatic carbocycles. The number of rotatable bonds is 2. The summed E-state index contributed by atoms with van der Waals surface area (Å²) in [6, 6.07) is 5.08. The van der Waals surface area contributed by atoms with Gasteiger partial charge in [-0.25, -0.2) is 4.98 Å². The first kappa shape index (κ1) is 11.9. The summed E-state index contributed by atoms with van der Waals surface area (Å²) in [6.07, 6.45) is 0. The summed E-state index contributed by atoms with van der Waals surface area (Å²) in [7, 11) is 0. The third-order valence-corrected chi connectivity index (χ3v) is 3.48. The van der Waals surface area contributed by atoms with Crippen LogP contribution in [-0.2, 0) is 0 Å². The van der Waals surface area contributed by atoms with Gasteiger partial charge in [-0.05, 0) is 19.1 Å². The second kappa shape index (κ2) is 4.73. The average molecular weight is 268 g/mol. The van der Waals surface area contributed by atoms with Crippen LogP contribution in [0.1, 0.15) is 15.4 Å². The predicted molar refractivity (Wildman–Crippen MR) is 70.7 cm³/mol. The van der Waals surface area contributed by atoms with Gasteiger partial charge in [0.05, 0.1) is 27.6 Å². The molecule has 1 heterocycles. The van der Waals surface area contributed by atoms with Gasteiger partial charge in [0.15, 0.2) is 0 Å². The number of anilines is 2. The Morgan fingerprint density at radius 1 is 1.53 bits per heavy atom. The van der Waals surface area contributed by atoms with Crippen LogP contribution in [0.5, 0.6) is 0 Å². The van der Waals surface area contributed by atoms with Crippen LogP contribution in [-0.4, -0.2) is 10.9 Å². The lowest BCUT2D eigenvalue weighted by Crippen LogP contribution is -2.13. The van der Waals surface area contributed by atoms with Crippen LogP contribution >= 0.6 is 22.9 Å². The minimum atomic E-state index is -0.246. The van der Waals surface area contributed by atoms with E-state index in [0.717, 1.165) is 0 Å². The topological polar surface area (TPSA) is 68.0 Å². The molecule has 0 spiro atoms. The van der Waals surface area contributed by atoms with Crippen LogP contribution < -0.4 is 11.1 Å². The first-order valence-electron chi connectivity index (χ1n) is 4.85. The Hall–Kier alpha value is -1.59. The average Bonchev–Trinajstić information content (AvgIpc) is 2.70. The van der Waals surface area contributed by atoms with Crippen molar-refractivity contribution in [2.45, 2.75) is 6.92 Å². The highest BCUT2D eigenvalue weighted by Gasteiger charge is 2.14. The zero-order valence-corrected chi connectivity index (χ0v) is 10.6. The number of hydrogen-bond donors (Lipinski definition) is 2. The number of benzene rings is 1. The number of thiazole rings is 1. The maximum atomic E-state index is 11.9. The summed E-state index contributed by atoms with van der Waals surface area (Å²) in [5.41, 5.74) is 8.94. The summed E-state index contributed by atoms with van der Waals surface area (Å²) in [5.74, 6) is -0.246. The van der Waals surface area contributed by atoms with Gasteiger partial charge in [-0.15, -0.1) is 11.3 Å². The van der Waals surface area contributed by atoms with Gasteiger partial charge < -0.3 is 11.1 Å². The number of nitrogen functional groups attached to an aromatic ring is 1.